The molecule has 1 aromatic rings. The van der Waals surface area contributed by atoms with Crippen LogP contribution in [0.1, 0.15) is 26.7 Å². The highest BCUT2D eigenvalue weighted by Gasteiger charge is 2.21. The maximum atomic E-state index is 12.1. The number of nitrogens with zero attached hydrogens (tertiary/aromatic N) is 1. The molecule has 6 heteroatoms. The Hall–Kier alpha value is -1.95. The number of carbonyl (C=O) groups excluding carboxylic acids is 1. The molecule has 24 heavy (non-hydrogen) atoms. The van der Waals surface area contributed by atoms with E-state index in [9.17, 15) is 4.79 Å². The van der Waals surface area contributed by atoms with Gasteiger partial charge < -0.3 is 25.0 Å². The molecular weight excluding hydrogens is 306 g/mol. The largest absolute Gasteiger partial charge is 0.497 e. The van der Waals surface area contributed by atoms with Crippen LogP contribution in [0.25, 0.3) is 0 Å². The topological polar surface area (TPSA) is 62.8 Å². The molecule has 1 aliphatic heterocycles. The number of urea groups is 1. The van der Waals surface area contributed by atoms with Gasteiger partial charge in [-0.1, -0.05) is 0 Å². The fourth-order valence-corrected chi connectivity index (χ4v) is 2.98. The Kier molecular flexibility index (Phi) is 6.73. The first kappa shape index (κ1) is 18.4. The van der Waals surface area contributed by atoms with Crippen LogP contribution in [0.2, 0.25) is 0 Å². The van der Waals surface area contributed by atoms with E-state index < -0.39 is 0 Å². The van der Waals surface area contributed by atoms with Gasteiger partial charge in [-0.15, -0.1) is 0 Å². The van der Waals surface area contributed by atoms with Crippen LogP contribution in [-0.2, 0) is 0 Å². The molecule has 0 saturated carbocycles. The smallest absolute Gasteiger partial charge is 0.319 e. The van der Waals surface area contributed by atoms with Crippen molar-refractivity contribution in [2.45, 2.75) is 32.7 Å². The molecule has 134 valence electrons. The summed E-state index contributed by atoms with van der Waals surface area (Å²) in [4.78, 5) is 14.6. The van der Waals surface area contributed by atoms with E-state index in [4.69, 9.17) is 9.47 Å². The fourth-order valence-electron chi connectivity index (χ4n) is 2.98. The first-order valence-electron chi connectivity index (χ1n) is 8.54. The number of ether oxygens (including phenoxy) is 2. The van der Waals surface area contributed by atoms with Crippen molar-refractivity contribution in [3.05, 3.63) is 18.2 Å². The van der Waals surface area contributed by atoms with Crippen LogP contribution in [0, 0.1) is 5.92 Å². The minimum absolute atomic E-state index is 0.204. The number of benzene rings is 1. The van der Waals surface area contributed by atoms with E-state index >= 15 is 0 Å². The number of carbonyl (C=O) groups is 1. The lowest BCUT2D eigenvalue weighted by Crippen LogP contribution is -2.42. The molecule has 6 nitrogen and oxygen atoms in total. The Balaban J connectivity index is 1.80. The third-order valence-corrected chi connectivity index (χ3v) is 4.59. The first-order chi connectivity index (χ1) is 11.5. The first-order valence-corrected chi connectivity index (χ1v) is 8.54. The molecule has 1 heterocycles. The van der Waals surface area contributed by atoms with Gasteiger partial charge in [-0.25, -0.2) is 4.79 Å². The Labute approximate surface area is 144 Å². The number of likely N-dealkylation sites (tertiary alicyclic amines) is 1. The minimum atomic E-state index is -0.204. The van der Waals surface area contributed by atoms with Crippen molar-refractivity contribution in [1.82, 2.24) is 10.2 Å². The minimum Gasteiger partial charge on any atom is -0.497 e. The Morgan fingerprint density at radius 2 is 1.96 bits per heavy atom. The second-order valence-electron chi connectivity index (χ2n) is 6.47. The lowest BCUT2D eigenvalue weighted by atomic mass is 9.96. The molecule has 0 unspecified atom stereocenters. The molecule has 0 atom stereocenters. The fraction of sp³-hybridized carbons (Fsp3) is 0.611. The van der Waals surface area contributed by atoms with Crippen LogP contribution < -0.4 is 20.1 Å². The van der Waals surface area contributed by atoms with Gasteiger partial charge in [0.15, 0.2) is 0 Å². The maximum Gasteiger partial charge on any atom is 0.319 e. The summed E-state index contributed by atoms with van der Waals surface area (Å²) in [5.74, 6) is 1.81. The van der Waals surface area contributed by atoms with E-state index in [2.05, 4.69) is 29.4 Å². The third-order valence-electron chi connectivity index (χ3n) is 4.59. The number of hydrogen-bond acceptors (Lipinski definition) is 4. The predicted octanol–water partition coefficient (Wildman–Crippen LogP) is 2.95. The summed E-state index contributed by atoms with van der Waals surface area (Å²) >= 11 is 0. The van der Waals surface area contributed by atoms with Gasteiger partial charge in [0.25, 0.3) is 0 Å². The van der Waals surface area contributed by atoms with Crippen LogP contribution in [0.3, 0.4) is 0 Å². The van der Waals surface area contributed by atoms with Gasteiger partial charge in [-0.05, 0) is 57.8 Å². The summed E-state index contributed by atoms with van der Waals surface area (Å²) in [5, 5.41) is 5.81. The van der Waals surface area contributed by atoms with Crippen molar-refractivity contribution in [1.29, 1.82) is 0 Å². The van der Waals surface area contributed by atoms with Crippen molar-refractivity contribution in [3.8, 4) is 11.5 Å². The van der Waals surface area contributed by atoms with Crippen LogP contribution in [-0.4, -0.2) is 50.8 Å². The van der Waals surface area contributed by atoms with Crippen molar-refractivity contribution in [2.24, 2.45) is 5.92 Å². The summed E-state index contributed by atoms with van der Waals surface area (Å²) in [5.41, 5.74) is 0.630. The van der Waals surface area contributed by atoms with Crippen LogP contribution >= 0.6 is 0 Å². The number of nitrogens with one attached hydrogen (secondary N) is 2. The number of rotatable bonds is 6. The van der Waals surface area contributed by atoms with Gasteiger partial charge in [-0.2, -0.15) is 0 Å². The van der Waals surface area contributed by atoms with Gasteiger partial charge in [0, 0.05) is 18.7 Å². The summed E-state index contributed by atoms with van der Waals surface area (Å²) in [6.07, 6.45) is 2.26. The lowest BCUT2D eigenvalue weighted by molar-refractivity contribution is 0.149. The van der Waals surface area contributed by atoms with E-state index in [1.54, 1.807) is 32.4 Å². The molecule has 0 aromatic heterocycles. The molecule has 0 aliphatic carbocycles. The highest BCUT2D eigenvalue weighted by Crippen LogP contribution is 2.28. The normalized spacial score (nSPS) is 16.0. The number of hydrogen-bond donors (Lipinski definition) is 2. The number of amides is 2. The molecule has 1 aromatic carbocycles. The molecule has 1 aliphatic rings. The average Bonchev–Trinajstić information content (AvgIpc) is 2.60. The highest BCUT2D eigenvalue weighted by molar-refractivity contribution is 5.91. The Morgan fingerprint density at radius 3 is 2.54 bits per heavy atom. The van der Waals surface area contributed by atoms with Gasteiger partial charge in [0.1, 0.15) is 11.5 Å². The Morgan fingerprint density at radius 1 is 1.25 bits per heavy atom. The predicted molar refractivity (Wildman–Crippen MR) is 96.0 cm³/mol. The quantitative estimate of drug-likeness (QED) is 0.839. The number of piperidine rings is 1. The van der Waals surface area contributed by atoms with Gasteiger partial charge in [-0.3, -0.25) is 0 Å². The highest BCUT2D eigenvalue weighted by atomic mass is 16.5. The number of methoxy groups -OCH3 is 2. The molecule has 0 spiro atoms. The standard InChI is InChI=1S/C18H29N3O3/c1-13(2)21-9-7-14(8-10-21)12-19-18(22)20-16-6-5-15(23-3)11-17(16)24-4/h5-6,11,13-14H,7-10,12H2,1-4H3,(H2,19,20,22). The second kappa shape index (κ2) is 8.78. The average molecular weight is 335 g/mol. The van der Waals surface area contributed by atoms with Crippen molar-refractivity contribution in [3.63, 3.8) is 0 Å². The lowest BCUT2D eigenvalue weighted by Gasteiger charge is -2.34. The molecule has 0 radical (unpaired) electrons. The third kappa shape index (κ3) is 5.03. The molecule has 2 rings (SSSR count). The summed E-state index contributed by atoms with van der Waals surface area (Å²) < 4.78 is 10.4. The van der Waals surface area contributed by atoms with Crippen LogP contribution in [0.5, 0.6) is 11.5 Å². The Bertz CT molecular complexity index is 540. The van der Waals surface area contributed by atoms with Gasteiger partial charge in [0.05, 0.1) is 19.9 Å². The van der Waals surface area contributed by atoms with E-state index in [1.165, 1.54) is 0 Å². The van der Waals surface area contributed by atoms with Crippen molar-refractivity contribution < 1.29 is 14.3 Å². The molecular formula is C18H29N3O3. The zero-order valence-electron chi connectivity index (χ0n) is 15.1. The molecule has 2 amide bonds. The molecule has 0 bridgehead atoms. The summed E-state index contributed by atoms with van der Waals surface area (Å²) in [6.45, 7) is 7.38. The SMILES string of the molecule is COc1ccc(NC(=O)NCC2CCN(C(C)C)CC2)c(OC)c1. The zero-order valence-corrected chi connectivity index (χ0v) is 15.1. The molecule has 1 saturated heterocycles. The monoisotopic (exact) mass is 335 g/mol. The summed E-state index contributed by atoms with van der Waals surface area (Å²) in [6, 6.07) is 5.71. The van der Waals surface area contributed by atoms with E-state index in [0.29, 0.717) is 35.7 Å². The molecule has 1 fully saturated rings. The van der Waals surface area contributed by atoms with E-state index in [1.807, 2.05) is 0 Å². The second-order valence-corrected chi connectivity index (χ2v) is 6.47. The van der Waals surface area contributed by atoms with Crippen LogP contribution in [0.15, 0.2) is 18.2 Å². The maximum absolute atomic E-state index is 12.1. The summed E-state index contributed by atoms with van der Waals surface area (Å²) in [7, 11) is 3.17. The zero-order chi connectivity index (χ0) is 17.5. The van der Waals surface area contributed by atoms with Crippen LogP contribution in [0.4, 0.5) is 10.5 Å². The van der Waals surface area contributed by atoms with Gasteiger partial charge in [0.2, 0.25) is 0 Å². The van der Waals surface area contributed by atoms with Crippen molar-refractivity contribution >= 4 is 11.7 Å². The van der Waals surface area contributed by atoms with Gasteiger partial charge >= 0.3 is 6.03 Å². The number of anilines is 1. The van der Waals surface area contributed by atoms with E-state index in [-0.39, 0.29) is 6.03 Å². The van der Waals surface area contributed by atoms with Crippen molar-refractivity contribution in [2.75, 3.05) is 39.2 Å². The molecule has 2 N–H and O–H groups in total. The van der Waals surface area contributed by atoms with E-state index in [0.717, 1.165) is 25.9 Å².